The Morgan fingerprint density at radius 2 is 2.00 bits per heavy atom. The van der Waals surface area contributed by atoms with Crippen LogP contribution < -0.4 is 5.32 Å². The first-order valence-electron chi connectivity index (χ1n) is 5.23. The van der Waals surface area contributed by atoms with Gasteiger partial charge in [-0.05, 0) is 24.9 Å². The van der Waals surface area contributed by atoms with Gasteiger partial charge in [0.2, 0.25) is 0 Å². The molecule has 14 heavy (non-hydrogen) atoms. The lowest BCUT2D eigenvalue weighted by Gasteiger charge is -2.26. The van der Waals surface area contributed by atoms with Crippen molar-refractivity contribution in [3.63, 3.8) is 0 Å². The van der Waals surface area contributed by atoms with Crippen molar-refractivity contribution in [2.24, 2.45) is 18.9 Å². The minimum atomic E-state index is 0.391. The summed E-state index contributed by atoms with van der Waals surface area (Å²) in [5.74, 6) is 1.28. The lowest BCUT2D eigenvalue weighted by atomic mass is 9.88. The third kappa shape index (κ3) is 2.15. The molecule has 0 aliphatic heterocycles. The number of aromatic nitrogens is 2. The Morgan fingerprint density at radius 3 is 2.36 bits per heavy atom. The Balaban J connectivity index is 2.87. The second kappa shape index (κ2) is 4.60. The Hall–Kier alpha value is -0.830. The quantitative estimate of drug-likeness (QED) is 0.796. The molecule has 0 spiro atoms. The van der Waals surface area contributed by atoms with Crippen LogP contribution in [0.1, 0.15) is 32.5 Å². The summed E-state index contributed by atoms with van der Waals surface area (Å²) in [7, 11) is 4.00. The van der Waals surface area contributed by atoms with Gasteiger partial charge in [0, 0.05) is 13.2 Å². The van der Waals surface area contributed by atoms with E-state index in [1.807, 2.05) is 25.0 Å². The van der Waals surface area contributed by atoms with Gasteiger partial charge in [-0.3, -0.25) is 4.68 Å². The summed E-state index contributed by atoms with van der Waals surface area (Å²) >= 11 is 0. The predicted octanol–water partition coefficient (Wildman–Crippen LogP) is 1.97. The molecule has 80 valence electrons. The van der Waals surface area contributed by atoms with Crippen molar-refractivity contribution in [2.75, 3.05) is 7.05 Å². The van der Waals surface area contributed by atoms with Crippen LogP contribution in [0.4, 0.5) is 0 Å². The van der Waals surface area contributed by atoms with E-state index in [1.54, 1.807) is 0 Å². The predicted molar refractivity (Wildman–Crippen MR) is 59.0 cm³/mol. The van der Waals surface area contributed by atoms with Crippen LogP contribution in [0.3, 0.4) is 0 Å². The van der Waals surface area contributed by atoms with Gasteiger partial charge in [-0.1, -0.05) is 20.8 Å². The Labute approximate surface area is 86.5 Å². The first kappa shape index (κ1) is 11.2. The first-order chi connectivity index (χ1) is 6.57. The number of aryl methyl sites for hydroxylation is 1. The molecule has 2 atom stereocenters. The van der Waals surface area contributed by atoms with Crippen LogP contribution in [0.5, 0.6) is 0 Å². The fourth-order valence-corrected chi connectivity index (χ4v) is 1.75. The smallest absolute Gasteiger partial charge is 0.0553 e. The summed E-state index contributed by atoms with van der Waals surface area (Å²) in [5, 5.41) is 7.57. The monoisotopic (exact) mass is 195 g/mol. The fourth-order valence-electron chi connectivity index (χ4n) is 1.75. The van der Waals surface area contributed by atoms with Crippen molar-refractivity contribution in [3.05, 3.63) is 18.0 Å². The third-order valence-electron chi connectivity index (χ3n) is 3.07. The SMILES string of the molecule is CNC(c1ccnn1C)C(C)C(C)C. The average Bonchev–Trinajstić information content (AvgIpc) is 2.53. The van der Waals surface area contributed by atoms with Gasteiger partial charge in [0.15, 0.2) is 0 Å². The Bertz CT molecular complexity index is 278. The molecule has 0 aliphatic rings. The van der Waals surface area contributed by atoms with E-state index in [4.69, 9.17) is 0 Å². The van der Waals surface area contributed by atoms with Gasteiger partial charge in [0.05, 0.1) is 11.7 Å². The van der Waals surface area contributed by atoms with Crippen molar-refractivity contribution < 1.29 is 0 Å². The molecule has 0 fully saturated rings. The summed E-state index contributed by atoms with van der Waals surface area (Å²) in [5.41, 5.74) is 1.26. The second-order valence-electron chi connectivity index (χ2n) is 4.25. The molecule has 0 aliphatic carbocycles. The molecule has 1 rings (SSSR count). The minimum absolute atomic E-state index is 0.391. The highest BCUT2D eigenvalue weighted by molar-refractivity contribution is 5.07. The molecule has 0 amide bonds. The van der Waals surface area contributed by atoms with Gasteiger partial charge in [-0.2, -0.15) is 5.10 Å². The van der Waals surface area contributed by atoms with Crippen LogP contribution in [0.2, 0.25) is 0 Å². The minimum Gasteiger partial charge on any atom is -0.311 e. The van der Waals surface area contributed by atoms with Gasteiger partial charge in [-0.15, -0.1) is 0 Å². The molecule has 0 saturated heterocycles. The van der Waals surface area contributed by atoms with E-state index >= 15 is 0 Å². The molecule has 1 aromatic rings. The van der Waals surface area contributed by atoms with E-state index in [1.165, 1.54) is 5.69 Å². The maximum absolute atomic E-state index is 4.20. The molecular formula is C11H21N3. The standard InChI is InChI=1S/C11H21N3/c1-8(2)9(3)11(12-4)10-6-7-13-14(10)5/h6-9,11-12H,1-5H3. The number of rotatable bonds is 4. The van der Waals surface area contributed by atoms with Crippen molar-refractivity contribution in [1.29, 1.82) is 0 Å². The van der Waals surface area contributed by atoms with Crippen LogP contribution in [-0.2, 0) is 7.05 Å². The topological polar surface area (TPSA) is 29.9 Å². The maximum Gasteiger partial charge on any atom is 0.0553 e. The van der Waals surface area contributed by atoms with Crippen LogP contribution in [0, 0.1) is 11.8 Å². The molecule has 3 heteroatoms. The van der Waals surface area contributed by atoms with Crippen molar-refractivity contribution in [1.82, 2.24) is 15.1 Å². The first-order valence-corrected chi connectivity index (χ1v) is 5.23. The zero-order valence-electron chi connectivity index (χ0n) is 9.78. The van der Waals surface area contributed by atoms with Crippen LogP contribution in [0.25, 0.3) is 0 Å². The van der Waals surface area contributed by atoms with E-state index in [0.717, 1.165) is 0 Å². The lowest BCUT2D eigenvalue weighted by molar-refractivity contribution is 0.305. The molecule has 0 bridgehead atoms. The summed E-state index contributed by atoms with van der Waals surface area (Å²) in [4.78, 5) is 0. The van der Waals surface area contributed by atoms with E-state index in [9.17, 15) is 0 Å². The van der Waals surface area contributed by atoms with Gasteiger partial charge in [0.1, 0.15) is 0 Å². The van der Waals surface area contributed by atoms with E-state index in [2.05, 4.69) is 37.3 Å². The van der Waals surface area contributed by atoms with Crippen LogP contribution in [0.15, 0.2) is 12.3 Å². The number of nitrogens with zero attached hydrogens (tertiary/aromatic N) is 2. The number of hydrogen-bond acceptors (Lipinski definition) is 2. The molecule has 2 unspecified atom stereocenters. The number of hydrogen-bond donors (Lipinski definition) is 1. The highest BCUT2D eigenvalue weighted by Gasteiger charge is 2.22. The summed E-state index contributed by atoms with van der Waals surface area (Å²) in [6.07, 6.45) is 1.85. The Kier molecular flexibility index (Phi) is 3.69. The van der Waals surface area contributed by atoms with Crippen LogP contribution >= 0.6 is 0 Å². The van der Waals surface area contributed by atoms with Crippen LogP contribution in [-0.4, -0.2) is 16.8 Å². The number of nitrogens with one attached hydrogen (secondary N) is 1. The van der Waals surface area contributed by atoms with Crippen molar-refractivity contribution in [2.45, 2.75) is 26.8 Å². The third-order valence-corrected chi connectivity index (χ3v) is 3.07. The molecule has 0 radical (unpaired) electrons. The van der Waals surface area contributed by atoms with E-state index in [0.29, 0.717) is 17.9 Å². The fraction of sp³-hybridized carbons (Fsp3) is 0.727. The normalized spacial score (nSPS) is 15.9. The Morgan fingerprint density at radius 1 is 1.36 bits per heavy atom. The average molecular weight is 195 g/mol. The van der Waals surface area contributed by atoms with Gasteiger partial charge >= 0.3 is 0 Å². The second-order valence-corrected chi connectivity index (χ2v) is 4.25. The van der Waals surface area contributed by atoms with Gasteiger partial charge in [-0.25, -0.2) is 0 Å². The van der Waals surface area contributed by atoms with E-state index in [-0.39, 0.29) is 0 Å². The maximum atomic E-state index is 4.20. The summed E-state index contributed by atoms with van der Waals surface area (Å²) < 4.78 is 1.94. The molecule has 1 heterocycles. The van der Waals surface area contributed by atoms with Gasteiger partial charge < -0.3 is 5.32 Å². The largest absolute Gasteiger partial charge is 0.311 e. The molecule has 0 aromatic carbocycles. The summed E-state index contributed by atoms with van der Waals surface area (Å²) in [6.45, 7) is 6.79. The van der Waals surface area contributed by atoms with Crippen molar-refractivity contribution >= 4 is 0 Å². The van der Waals surface area contributed by atoms with E-state index < -0.39 is 0 Å². The molecule has 1 aromatic heterocycles. The zero-order valence-corrected chi connectivity index (χ0v) is 9.78. The zero-order chi connectivity index (χ0) is 10.7. The molecular weight excluding hydrogens is 174 g/mol. The lowest BCUT2D eigenvalue weighted by Crippen LogP contribution is -2.28. The molecule has 0 saturated carbocycles. The molecule has 3 nitrogen and oxygen atoms in total. The van der Waals surface area contributed by atoms with Crippen molar-refractivity contribution in [3.8, 4) is 0 Å². The highest BCUT2D eigenvalue weighted by Crippen LogP contribution is 2.26. The van der Waals surface area contributed by atoms with Gasteiger partial charge in [0.25, 0.3) is 0 Å². The summed E-state index contributed by atoms with van der Waals surface area (Å²) in [6, 6.07) is 2.47. The molecule has 1 N–H and O–H groups in total. The highest BCUT2D eigenvalue weighted by atomic mass is 15.3.